The summed E-state index contributed by atoms with van der Waals surface area (Å²) >= 11 is 0. The van der Waals surface area contributed by atoms with Gasteiger partial charge in [0.25, 0.3) is 0 Å². The lowest BCUT2D eigenvalue weighted by Gasteiger charge is -2.26. The lowest BCUT2D eigenvalue weighted by molar-refractivity contribution is 0.184. The molecule has 1 N–H and O–H groups in total. The Morgan fingerprint density at radius 1 is 1.10 bits per heavy atom. The number of hydrogen-bond acceptors (Lipinski definition) is 3. The Morgan fingerprint density at radius 3 is 2.80 bits per heavy atom. The largest absolute Gasteiger partial charge is 0.490 e. The summed E-state index contributed by atoms with van der Waals surface area (Å²) in [6.07, 6.45) is 3.94. The number of fused-ring (bicyclic) bond motifs is 1. The van der Waals surface area contributed by atoms with Crippen LogP contribution in [0.3, 0.4) is 0 Å². The van der Waals surface area contributed by atoms with Crippen LogP contribution in [0, 0.1) is 0 Å². The van der Waals surface area contributed by atoms with E-state index in [0.29, 0.717) is 6.61 Å². The predicted octanol–water partition coefficient (Wildman–Crippen LogP) is 2.39. The maximum atomic E-state index is 11.4. The highest BCUT2D eigenvalue weighted by molar-refractivity contribution is 5.84. The fraction of sp³-hybridized carbons (Fsp3) is 0.438. The lowest BCUT2D eigenvalue weighted by atomic mass is 10.1. The highest BCUT2D eigenvalue weighted by atomic mass is 16.5. The number of aromatic nitrogens is 1. The summed E-state index contributed by atoms with van der Waals surface area (Å²) in [5, 5.41) is 1.00. The van der Waals surface area contributed by atoms with Crippen molar-refractivity contribution < 1.29 is 4.74 Å². The molecule has 1 fully saturated rings. The highest BCUT2D eigenvalue weighted by Crippen LogP contribution is 2.22. The van der Waals surface area contributed by atoms with Gasteiger partial charge in [0.15, 0.2) is 0 Å². The van der Waals surface area contributed by atoms with Crippen molar-refractivity contribution >= 4 is 10.9 Å². The summed E-state index contributed by atoms with van der Waals surface area (Å²) in [5.74, 6) is 0.761. The van der Waals surface area contributed by atoms with Crippen molar-refractivity contribution in [1.29, 1.82) is 0 Å². The average Bonchev–Trinajstić information content (AvgIpc) is 2.49. The Bertz CT molecular complexity index is 630. The minimum Gasteiger partial charge on any atom is -0.490 e. The fourth-order valence-electron chi connectivity index (χ4n) is 2.74. The third-order valence-electron chi connectivity index (χ3n) is 3.83. The van der Waals surface area contributed by atoms with E-state index in [1.807, 2.05) is 24.3 Å². The highest BCUT2D eigenvalue weighted by Gasteiger charge is 2.10. The van der Waals surface area contributed by atoms with E-state index in [1.54, 1.807) is 6.07 Å². The summed E-state index contributed by atoms with van der Waals surface area (Å²) in [5.41, 5.74) is 0.697. The van der Waals surface area contributed by atoms with Crippen LogP contribution in [-0.2, 0) is 0 Å². The molecular weight excluding hydrogens is 252 g/mol. The molecule has 1 aliphatic rings. The van der Waals surface area contributed by atoms with Crippen molar-refractivity contribution in [3.63, 3.8) is 0 Å². The van der Waals surface area contributed by atoms with Gasteiger partial charge in [0, 0.05) is 18.0 Å². The first-order valence-corrected chi connectivity index (χ1v) is 7.30. The summed E-state index contributed by atoms with van der Waals surface area (Å²) in [4.78, 5) is 16.7. The van der Waals surface area contributed by atoms with Crippen molar-refractivity contribution in [2.24, 2.45) is 0 Å². The van der Waals surface area contributed by atoms with Crippen LogP contribution in [0.25, 0.3) is 10.9 Å². The minimum absolute atomic E-state index is 0.0930. The number of ether oxygens (including phenoxy) is 1. The molecule has 0 unspecified atom stereocenters. The maximum Gasteiger partial charge on any atom is 0.248 e. The molecule has 20 heavy (non-hydrogen) atoms. The van der Waals surface area contributed by atoms with Gasteiger partial charge in [-0.1, -0.05) is 18.6 Å². The number of H-pyrrole nitrogens is 1. The van der Waals surface area contributed by atoms with Crippen LogP contribution in [0.15, 0.2) is 35.1 Å². The first-order valence-electron chi connectivity index (χ1n) is 7.30. The first-order chi connectivity index (χ1) is 9.83. The third-order valence-corrected chi connectivity index (χ3v) is 3.83. The molecule has 0 radical (unpaired) electrons. The molecule has 106 valence electrons. The van der Waals surface area contributed by atoms with Crippen molar-refractivity contribution in [3.8, 4) is 5.75 Å². The second kappa shape index (κ2) is 6.09. The zero-order valence-electron chi connectivity index (χ0n) is 11.6. The monoisotopic (exact) mass is 272 g/mol. The second-order valence-corrected chi connectivity index (χ2v) is 5.29. The number of rotatable bonds is 4. The van der Waals surface area contributed by atoms with Crippen molar-refractivity contribution in [2.75, 3.05) is 26.2 Å². The summed E-state index contributed by atoms with van der Waals surface area (Å²) in [7, 11) is 0. The van der Waals surface area contributed by atoms with E-state index in [-0.39, 0.29) is 5.56 Å². The lowest BCUT2D eigenvalue weighted by Crippen LogP contribution is -2.33. The molecule has 1 saturated heterocycles. The average molecular weight is 272 g/mol. The number of pyridine rings is 1. The number of hydrogen-bond donors (Lipinski definition) is 1. The number of likely N-dealkylation sites (tertiary alicyclic amines) is 1. The van der Waals surface area contributed by atoms with E-state index in [1.165, 1.54) is 32.4 Å². The Hall–Kier alpha value is -1.81. The van der Waals surface area contributed by atoms with Gasteiger partial charge < -0.3 is 9.72 Å². The second-order valence-electron chi connectivity index (χ2n) is 5.29. The number of para-hydroxylation sites is 1. The number of aromatic amines is 1. The molecule has 0 atom stereocenters. The van der Waals surface area contributed by atoms with Gasteiger partial charge in [-0.25, -0.2) is 0 Å². The molecule has 2 aromatic rings. The summed E-state index contributed by atoms with van der Waals surface area (Å²) in [6.45, 7) is 3.97. The Kier molecular flexibility index (Phi) is 4.02. The summed E-state index contributed by atoms with van der Waals surface area (Å²) < 4.78 is 5.87. The molecule has 0 aliphatic carbocycles. The number of benzene rings is 1. The SMILES string of the molecule is O=c1ccc2cccc(OCCN3CCCCC3)c2[nH]1. The standard InChI is InChI=1S/C16H20N2O2/c19-15-8-7-13-5-4-6-14(16(13)17-15)20-12-11-18-9-2-1-3-10-18/h4-8H,1-3,9-12H2,(H,17,19). The molecule has 4 nitrogen and oxygen atoms in total. The molecule has 1 aromatic heterocycles. The zero-order chi connectivity index (χ0) is 13.8. The van der Waals surface area contributed by atoms with Crippen LogP contribution in [0.5, 0.6) is 5.75 Å². The third kappa shape index (κ3) is 3.02. The normalized spacial score (nSPS) is 16.4. The van der Waals surface area contributed by atoms with Crippen molar-refractivity contribution in [1.82, 2.24) is 9.88 Å². The van der Waals surface area contributed by atoms with E-state index < -0.39 is 0 Å². The maximum absolute atomic E-state index is 11.4. The van der Waals surface area contributed by atoms with Gasteiger partial charge in [-0.15, -0.1) is 0 Å². The van der Waals surface area contributed by atoms with Gasteiger partial charge in [0.05, 0.1) is 5.52 Å². The van der Waals surface area contributed by atoms with Crippen LogP contribution in [0.1, 0.15) is 19.3 Å². The van der Waals surface area contributed by atoms with Crippen LogP contribution >= 0.6 is 0 Å². The van der Waals surface area contributed by atoms with Gasteiger partial charge in [0.2, 0.25) is 5.56 Å². The van der Waals surface area contributed by atoms with Gasteiger partial charge in [0.1, 0.15) is 12.4 Å². The Labute approximate surface area is 118 Å². The molecule has 0 bridgehead atoms. The minimum atomic E-state index is -0.0930. The van der Waals surface area contributed by atoms with E-state index in [4.69, 9.17) is 4.74 Å². The van der Waals surface area contributed by atoms with Crippen molar-refractivity contribution in [2.45, 2.75) is 19.3 Å². The van der Waals surface area contributed by atoms with Gasteiger partial charge in [-0.05, 0) is 38.1 Å². The number of nitrogens with zero attached hydrogens (tertiary/aromatic N) is 1. The van der Waals surface area contributed by atoms with E-state index in [0.717, 1.165) is 23.2 Å². The molecule has 2 heterocycles. The van der Waals surface area contributed by atoms with Crippen LogP contribution in [0.2, 0.25) is 0 Å². The molecule has 3 rings (SSSR count). The fourth-order valence-corrected chi connectivity index (χ4v) is 2.74. The van der Waals surface area contributed by atoms with Crippen LogP contribution in [-0.4, -0.2) is 36.1 Å². The molecule has 1 aromatic carbocycles. The summed E-state index contributed by atoms with van der Waals surface area (Å²) in [6, 6.07) is 9.21. The van der Waals surface area contributed by atoms with E-state index in [9.17, 15) is 4.79 Å². The zero-order valence-corrected chi connectivity index (χ0v) is 11.6. The topological polar surface area (TPSA) is 45.3 Å². The molecular formula is C16H20N2O2. The Morgan fingerprint density at radius 2 is 1.95 bits per heavy atom. The van der Waals surface area contributed by atoms with Gasteiger partial charge in [-0.2, -0.15) is 0 Å². The van der Waals surface area contributed by atoms with E-state index in [2.05, 4.69) is 9.88 Å². The van der Waals surface area contributed by atoms with Gasteiger partial charge in [-0.3, -0.25) is 9.69 Å². The van der Waals surface area contributed by atoms with Gasteiger partial charge >= 0.3 is 0 Å². The quantitative estimate of drug-likeness (QED) is 0.929. The number of nitrogens with one attached hydrogen (secondary N) is 1. The molecule has 4 heteroatoms. The molecule has 0 amide bonds. The number of piperidine rings is 1. The smallest absolute Gasteiger partial charge is 0.248 e. The van der Waals surface area contributed by atoms with E-state index >= 15 is 0 Å². The molecule has 0 saturated carbocycles. The van der Waals surface area contributed by atoms with Crippen LogP contribution in [0.4, 0.5) is 0 Å². The van der Waals surface area contributed by atoms with Crippen LogP contribution < -0.4 is 10.3 Å². The van der Waals surface area contributed by atoms with Crippen molar-refractivity contribution in [3.05, 3.63) is 40.7 Å². The Balaban J connectivity index is 1.67. The molecule has 0 spiro atoms. The predicted molar refractivity (Wildman–Crippen MR) is 80.4 cm³/mol. The molecule has 1 aliphatic heterocycles. The first kappa shape index (κ1) is 13.2.